The molecule has 0 atom stereocenters. The summed E-state index contributed by atoms with van der Waals surface area (Å²) in [5.41, 5.74) is 2.42. The minimum atomic E-state index is -0.318. The smallest absolute Gasteiger partial charge is 0.262 e. The molecule has 0 saturated carbocycles. The molecule has 1 amide bonds. The third-order valence-electron chi connectivity index (χ3n) is 5.79. The summed E-state index contributed by atoms with van der Waals surface area (Å²) in [6.07, 6.45) is 1.26. The maximum absolute atomic E-state index is 12.9. The van der Waals surface area contributed by atoms with Gasteiger partial charge in [0.05, 0.1) is 5.39 Å². The predicted octanol–water partition coefficient (Wildman–Crippen LogP) is 7.03. The van der Waals surface area contributed by atoms with Gasteiger partial charge in [-0.1, -0.05) is 48.0 Å². The van der Waals surface area contributed by atoms with E-state index in [1.807, 2.05) is 56.3 Å². The first-order chi connectivity index (χ1) is 17.4. The number of benzene rings is 4. The van der Waals surface area contributed by atoms with Gasteiger partial charge in [0.15, 0.2) is 6.61 Å². The van der Waals surface area contributed by atoms with Crippen LogP contribution >= 0.6 is 11.6 Å². The van der Waals surface area contributed by atoms with E-state index in [1.54, 1.807) is 30.3 Å². The topological polar surface area (TPSA) is 77.8 Å². The maximum atomic E-state index is 12.9. The van der Waals surface area contributed by atoms with Gasteiger partial charge < -0.3 is 19.2 Å². The number of rotatable bonds is 6. The van der Waals surface area contributed by atoms with Crippen molar-refractivity contribution in [1.29, 1.82) is 0 Å². The summed E-state index contributed by atoms with van der Waals surface area (Å²) >= 11 is 6.21. The molecule has 6 nitrogen and oxygen atoms in total. The third kappa shape index (κ3) is 4.76. The van der Waals surface area contributed by atoms with Gasteiger partial charge >= 0.3 is 0 Å². The molecular weight excluding hydrogens is 478 g/mol. The van der Waals surface area contributed by atoms with Crippen molar-refractivity contribution in [3.05, 3.63) is 105 Å². The maximum Gasteiger partial charge on any atom is 0.262 e. The second kappa shape index (κ2) is 9.76. The van der Waals surface area contributed by atoms with E-state index >= 15 is 0 Å². The van der Waals surface area contributed by atoms with Crippen molar-refractivity contribution in [2.75, 3.05) is 11.9 Å². The Balaban J connectivity index is 1.29. The number of hydrogen-bond acceptors (Lipinski definition) is 5. The number of hydrogen-bond donors (Lipinski definition) is 1. The molecule has 180 valence electrons. The normalized spacial score (nSPS) is 11.0. The number of halogens is 1. The van der Waals surface area contributed by atoms with Crippen molar-refractivity contribution in [2.24, 2.45) is 0 Å². The summed E-state index contributed by atoms with van der Waals surface area (Å²) in [7, 11) is 0. The molecule has 7 heteroatoms. The zero-order chi connectivity index (χ0) is 25.2. The van der Waals surface area contributed by atoms with E-state index in [2.05, 4.69) is 5.32 Å². The van der Waals surface area contributed by atoms with Crippen LogP contribution in [-0.4, -0.2) is 12.5 Å². The van der Waals surface area contributed by atoms with E-state index in [9.17, 15) is 9.59 Å². The first kappa shape index (κ1) is 23.5. The molecule has 0 unspecified atom stereocenters. The van der Waals surface area contributed by atoms with Gasteiger partial charge in [-0.3, -0.25) is 9.59 Å². The number of ether oxygens (including phenoxy) is 2. The number of anilines is 1. The molecule has 0 spiro atoms. The fourth-order valence-electron chi connectivity index (χ4n) is 4.01. The number of carbonyl (C=O) groups is 1. The van der Waals surface area contributed by atoms with Gasteiger partial charge in [-0.15, -0.1) is 0 Å². The summed E-state index contributed by atoms with van der Waals surface area (Å²) in [6, 6.07) is 21.8. The van der Waals surface area contributed by atoms with Gasteiger partial charge in [-0.25, -0.2) is 0 Å². The van der Waals surface area contributed by atoms with Crippen LogP contribution in [0.3, 0.4) is 0 Å². The summed E-state index contributed by atoms with van der Waals surface area (Å²) in [4.78, 5) is 25.4. The monoisotopic (exact) mass is 499 g/mol. The van der Waals surface area contributed by atoms with Crippen molar-refractivity contribution in [3.63, 3.8) is 0 Å². The molecule has 5 rings (SSSR count). The summed E-state index contributed by atoms with van der Waals surface area (Å²) in [5, 5.41) is 5.86. The Labute approximate surface area is 212 Å². The lowest BCUT2D eigenvalue weighted by Crippen LogP contribution is -2.20. The van der Waals surface area contributed by atoms with E-state index in [4.69, 9.17) is 25.5 Å². The molecule has 0 aliphatic rings. The van der Waals surface area contributed by atoms with E-state index in [0.717, 1.165) is 21.9 Å². The van der Waals surface area contributed by atoms with Crippen LogP contribution in [0.15, 0.2) is 88.3 Å². The zero-order valence-electron chi connectivity index (χ0n) is 19.6. The van der Waals surface area contributed by atoms with Gasteiger partial charge in [0.2, 0.25) is 11.2 Å². The van der Waals surface area contributed by atoms with Crippen LogP contribution in [0, 0.1) is 13.8 Å². The highest BCUT2D eigenvalue weighted by atomic mass is 35.5. The first-order valence-corrected chi connectivity index (χ1v) is 11.7. The lowest BCUT2D eigenvalue weighted by atomic mass is 10.1. The van der Waals surface area contributed by atoms with Crippen molar-refractivity contribution < 1.29 is 18.7 Å². The van der Waals surface area contributed by atoms with Crippen LogP contribution in [-0.2, 0) is 4.79 Å². The van der Waals surface area contributed by atoms with Crippen LogP contribution in [0.1, 0.15) is 11.1 Å². The Morgan fingerprint density at radius 3 is 2.47 bits per heavy atom. The van der Waals surface area contributed by atoms with Crippen LogP contribution < -0.4 is 20.2 Å². The SMILES string of the molecule is Cc1cc(Oc2coc3cc(OCC(=O)Nc4cccc5ccccc45)ccc3c2=O)cc(C)c1Cl. The molecule has 36 heavy (non-hydrogen) atoms. The minimum absolute atomic E-state index is 0.0618. The molecule has 4 aromatic carbocycles. The highest BCUT2D eigenvalue weighted by molar-refractivity contribution is 6.32. The van der Waals surface area contributed by atoms with Gasteiger partial charge in [-0.2, -0.15) is 0 Å². The second-order valence-corrected chi connectivity index (χ2v) is 8.80. The minimum Gasteiger partial charge on any atom is -0.484 e. The molecule has 5 aromatic rings. The third-order valence-corrected chi connectivity index (χ3v) is 6.38. The molecule has 0 aliphatic heterocycles. The van der Waals surface area contributed by atoms with Gasteiger partial charge in [0.25, 0.3) is 5.91 Å². The summed E-state index contributed by atoms with van der Waals surface area (Å²) in [5.74, 6) is 0.659. The van der Waals surface area contributed by atoms with Crippen LogP contribution in [0.25, 0.3) is 21.7 Å². The Morgan fingerprint density at radius 2 is 1.67 bits per heavy atom. The van der Waals surface area contributed by atoms with Gasteiger partial charge in [-0.05, 0) is 60.7 Å². The van der Waals surface area contributed by atoms with Crippen LogP contribution in [0.4, 0.5) is 5.69 Å². The molecule has 1 heterocycles. The largest absolute Gasteiger partial charge is 0.484 e. The fourth-order valence-corrected chi connectivity index (χ4v) is 4.12. The summed E-state index contributed by atoms with van der Waals surface area (Å²) in [6.45, 7) is 3.54. The van der Waals surface area contributed by atoms with Crippen LogP contribution in [0.2, 0.25) is 5.02 Å². The standard InChI is InChI=1S/C29H22ClNO5/c1-17-12-21(13-18(2)28(17)30)36-26-15-35-25-14-20(10-11-23(25)29(26)33)34-16-27(32)31-24-9-5-7-19-6-3-4-8-22(19)24/h3-15H,16H2,1-2H3,(H,31,32). The molecule has 1 aromatic heterocycles. The molecule has 0 aliphatic carbocycles. The molecule has 0 fully saturated rings. The van der Waals surface area contributed by atoms with E-state index < -0.39 is 0 Å². The lowest BCUT2D eigenvalue weighted by molar-refractivity contribution is -0.118. The van der Waals surface area contributed by atoms with Crippen molar-refractivity contribution in [1.82, 2.24) is 0 Å². The first-order valence-electron chi connectivity index (χ1n) is 11.3. The molecule has 0 bridgehead atoms. The molecular formula is C29H22ClNO5. The Kier molecular flexibility index (Phi) is 6.36. The predicted molar refractivity (Wildman–Crippen MR) is 142 cm³/mol. The lowest BCUT2D eigenvalue weighted by Gasteiger charge is -2.11. The molecule has 0 radical (unpaired) electrons. The highest BCUT2D eigenvalue weighted by Gasteiger charge is 2.13. The molecule has 0 saturated heterocycles. The number of fused-ring (bicyclic) bond motifs is 2. The number of amides is 1. The average molecular weight is 500 g/mol. The zero-order valence-corrected chi connectivity index (χ0v) is 20.4. The van der Waals surface area contributed by atoms with Crippen LogP contribution in [0.5, 0.6) is 17.2 Å². The van der Waals surface area contributed by atoms with Crippen molar-refractivity contribution >= 4 is 44.9 Å². The van der Waals surface area contributed by atoms with Gasteiger partial charge in [0, 0.05) is 22.2 Å². The Bertz CT molecular complexity index is 1650. The number of aryl methyl sites for hydroxylation is 2. The fraction of sp³-hybridized carbons (Fsp3) is 0.103. The Morgan fingerprint density at radius 1 is 0.917 bits per heavy atom. The Hall–Kier alpha value is -4.29. The average Bonchev–Trinajstić information content (AvgIpc) is 2.88. The molecule has 1 N–H and O–H groups in total. The van der Waals surface area contributed by atoms with E-state index in [-0.39, 0.29) is 23.7 Å². The number of nitrogens with one attached hydrogen (secondary N) is 1. The van der Waals surface area contributed by atoms with E-state index in [1.165, 1.54) is 6.26 Å². The quantitative estimate of drug-likeness (QED) is 0.271. The highest BCUT2D eigenvalue weighted by Crippen LogP contribution is 2.29. The van der Waals surface area contributed by atoms with E-state index in [0.29, 0.717) is 33.2 Å². The number of carbonyl (C=O) groups excluding carboxylic acids is 1. The van der Waals surface area contributed by atoms with Crippen molar-refractivity contribution in [2.45, 2.75) is 13.8 Å². The second-order valence-electron chi connectivity index (χ2n) is 8.42. The van der Waals surface area contributed by atoms with Crippen molar-refractivity contribution in [3.8, 4) is 17.2 Å². The van der Waals surface area contributed by atoms with Gasteiger partial charge in [0.1, 0.15) is 23.3 Å². The summed E-state index contributed by atoms with van der Waals surface area (Å²) < 4.78 is 17.1.